The van der Waals surface area contributed by atoms with Crippen LogP contribution in [0.2, 0.25) is 0 Å². The lowest BCUT2D eigenvalue weighted by molar-refractivity contribution is -0.118. The molecule has 0 saturated carbocycles. The number of hydrogen-bond acceptors (Lipinski definition) is 3. The molecule has 0 aliphatic rings. The third-order valence-corrected chi connectivity index (χ3v) is 3.80. The van der Waals surface area contributed by atoms with Crippen molar-refractivity contribution in [2.24, 2.45) is 5.92 Å². The van der Waals surface area contributed by atoms with E-state index in [2.05, 4.69) is 10.6 Å². The van der Waals surface area contributed by atoms with Crippen LogP contribution < -0.4 is 15.4 Å². The number of carbonyl (C=O) groups is 2. The van der Waals surface area contributed by atoms with Crippen LogP contribution in [-0.2, 0) is 4.79 Å². The van der Waals surface area contributed by atoms with Crippen molar-refractivity contribution >= 4 is 17.5 Å². The van der Waals surface area contributed by atoms with Gasteiger partial charge in [-0.1, -0.05) is 38.1 Å². The van der Waals surface area contributed by atoms with Crippen LogP contribution in [0.3, 0.4) is 0 Å². The van der Waals surface area contributed by atoms with Crippen molar-refractivity contribution in [3.05, 3.63) is 59.9 Å². The number of anilines is 1. The molecule has 2 aromatic carbocycles. The monoisotopic (exact) mass is 358 g/mol. The highest BCUT2D eigenvalue weighted by Crippen LogP contribution is 2.24. The number of halogens is 1. The van der Waals surface area contributed by atoms with Crippen LogP contribution in [0.15, 0.2) is 48.5 Å². The Morgan fingerprint density at radius 3 is 2.38 bits per heavy atom. The molecule has 2 aromatic rings. The number of benzene rings is 2. The Morgan fingerprint density at radius 1 is 1.08 bits per heavy atom. The molecule has 0 unspecified atom stereocenters. The van der Waals surface area contributed by atoms with Crippen LogP contribution in [0.1, 0.15) is 31.1 Å². The molecule has 1 atom stereocenters. The number of nitrogens with one attached hydrogen (secondary N) is 2. The molecule has 2 rings (SSSR count). The predicted octanol–water partition coefficient (Wildman–Crippen LogP) is 3.62. The molecule has 6 heteroatoms. The Kier molecular flexibility index (Phi) is 6.72. The lowest BCUT2D eigenvalue weighted by Gasteiger charge is -2.22. The quantitative estimate of drug-likeness (QED) is 0.794. The van der Waals surface area contributed by atoms with E-state index >= 15 is 0 Å². The fourth-order valence-corrected chi connectivity index (χ4v) is 2.46. The molecule has 0 aromatic heterocycles. The fourth-order valence-electron chi connectivity index (χ4n) is 2.46. The first kappa shape index (κ1) is 19.4. The van der Waals surface area contributed by atoms with Gasteiger partial charge in [0, 0.05) is 0 Å². The van der Waals surface area contributed by atoms with E-state index in [1.54, 1.807) is 44.2 Å². The summed E-state index contributed by atoms with van der Waals surface area (Å²) < 4.78 is 19.3. The maximum absolute atomic E-state index is 13.8. The Morgan fingerprint density at radius 2 is 1.73 bits per heavy atom. The van der Waals surface area contributed by atoms with E-state index in [4.69, 9.17) is 4.74 Å². The van der Waals surface area contributed by atoms with Crippen LogP contribution in [0, 0.1) is 11.7 Å². The van der Waals surface area contributed by atoms with E-state index < -0.39 is 23.7 Å². The molecule has 26 heavy (non-hydrogen) atoms. The van der Waals surface area contributed by atoms with Gasteiger partial charge in [0.05, 0.1) is 17.9 Å². The van der Waals surface area contributed by atoms with Crippen LogP contribution in [0.5, 0.6) is 5.75 Å². The number of amides is 2. The molecule has 0 heterocycles. The van der Waals surface area contributed by atoms with Crippen LogP contribution in [0.25, 0.3) is 0 Å². The number of ether oxygens (including phenoxy) is 1. The van der Waals surface area contributed by atoms with Gasteiger partial charge in [0.15, 0.2) is 0 Å². The summed E-state index contributed by atoms with van der Waals surface area (Å²) in [6, 6.07) is 11.9. The van der Waals surface area contributed by atoms with Gasteiger partial charge >= 0.3 is 0 Å². The minimum atomic E-state index is -0.822. The highest BCUT2D eigenvalue weighted by molar-refractivity contribution is 6.01. The Balaban J connectivity index is 2.16. The third-order valence-electron chi connectivity index (χ3n) is 3.80. The Bertz CT molecular complexity index is 777. The Labute approximate surface area is 152 Å². The van der Waals surface area contributed by atoms with Gasteiger partial charge in [0.1, 0.15) is 17.6 Å². The molecule has 0 radical (unpaired) electrons. The minimum absolute atomic E-state index is 0.0966. The zero-order valence-electron chi connectivity index (χ0n) is 15.1. The lowest BCUT2D eigenvalue weighted by atomic mass is 10.0. The highest BCUT2D eigenvalue weighted by Gasteiger charge is 2.26. The summed E-state index contributed by atoms with van der Waals surface area (Å²) in [5.41, 5.74) is 0.422. The van der Waals surface area contributed by atoms with Gasteiger partial charge in [-0.2, -0.15) is 0 Å². The van der Waals surface area contributed by atoms with Gasteiger partial charge in [-0.15, -0.1) is 0 Å². The van der Waals surface area contributed by atoms with Crippen molar-refractivity contribution < 1.29 is 18.7 Å². The molecule has 0 spiro atoms. The molecular formula is C20H23FN2O3. The molecule has 0 bridgehead atoms. The van der Waals surface area contributed by atoms with Gasteiger partial charge in [-0.3, -0.25) is 9.59 Å². The van der Waals surface area contributed by atoms with Crippen molar-refractivity contribution in [1.82, 2.24) is 5.32 Å². The molecule has 0 saturated heterocycles. The molecule has 5 nitrogen and oxygen atoms in total. The van der Waals surface area contributed by atoms with Crippen molar-refractivity contribution in [2.75, 3.05) is 11.9 Å². The molecule has 2 amide bonds. The van der Waals surface area contributed by atoms with Gasteiger partial charge in [-0.05, 0) is 37.1 Å². The Hall–Kier alpha value is -2.89. The largest absolute Gasteiger partial charge is 0.492 e. The lowest BCUT2D eigenvalue weighted by Crippen LogP contribution is -2.47. The van der Waals surface area contributed by atoms with E-state index in [0.717, 1.165) is 0 Å². The second kappa shape index (κ2) is 8.99. The molecule has 0 aliphatic carbocycles. The van der Waals surface area contributed by atoms with Crippen molar-refractivity contribution in [2.45, 2.75) is 26.8 Å². The van der Waals surface area contributed by atoms with Crippen LogP contribution in [0.4, 0.5) is 10.1 Å². The maximum Gasteiger partial charge on any atom is 0.254 e. The average Bonchev–Trinajstić information content (AvgIpc) is 2.61. The van der Waals surface area contributed by atoms with Gasteiger partial charge in [0.25, 0.3) is 5.91 Å². The minimum Gasteiger partial charge on any atom is -0.492 e. The van der Waals surface area contributed by atoms with Crippen LogP contribution in [-0.4, -0.2) is 24.5 Å². The molecule has 2 N–H and O–H groups in total. The van der Waals surface area contributed by atoms with Crippen molar-refractivity contribution in [3.8, 4) is 5.75 Å². The first-order valence-electron chi connectivity index (χ1n) is 8.52. The summed E-state index contributed by atoms with van der Waals surface area (Å²) in [5, 5.41) is 5.39. The number of carbonyl (C=O) groups excluding carboxylic acids is 2. The third kappa shape index (κ3) is 4.81. The second-order valence-electron chi connectivity index (χ2n) is 6.09. The standard InChI is InChI=1S/C20H23FN2O3/c1-4-26-17-12-8-7-11-16(17)22-20(25)18(13(2)3)23-19(24)14-9-5-6-10-15(14)21/h5-13,18H,4H2,1-3H3,(H,22,25)(H,23,24)/t18-/m1/s1. The number of rotatable bonds is 7. The van der Waals surface area contributed by atoms with Crippen LogP contribution >= 0.6 is 0 Å². The smallest absolute Gasteiger partial charge is 0.254 e. The van der Waals surface area contributed by atoms with Gasteiger partial charge in [0.2, 0.25) is 5.91 Å². The summed E-state index contributed by atoms with van der Waals surface area (Å²) in [5.74, 6) is -1.29. The summed E-state index contributed by atoms with van der Waals surface area (Å²) >= 11 is 0. The summed E-state index contributed by atoms with van der Waals surface area (Å²) in [6.07, 6.45) is 0. The summed E-state index contributed by atoms with van der Waals surface area (Å²) in [6.45, 7) is 5.93. The molecule has 138 valence electrons. The van der Waals surface area contributed by atoms with E-state index in [-0.39, 0.29) is 11.5 Å². The maximum atomic E-state index is 13.8. The first-order valence-corrected chi connectivity index (χ1v) is 8.52. The first-order chi connectivity index (χ1) is 12.4. The normalized spacial score (nSPS) is 11.7. The van der Waals surface area contributed by atoms with E-state index in [0.29, 0.717) is 18.0 Å². The summed E-state index contributed by atoms with van der Waals surface area (Å²) in [4.78, 5) is 25.0. The van der Waals surface area contributed by atoms with E-state index in [1.807, 2.05) is 6.92 Å². The van der Waals surface area contributed by atoms with E-state index in [9.17, 15) is 14.0 Å². The SMILES string of the molecule is CCOc1ccccc1NC(=O)[C@H](NC(=O)c1ccccc1F)C(C)C. The highest BCUT2D eigenvalue weighted by atomic mass is 19.1. The number of hydrogen-bond donors (Lipinski definition) is 2. The molecular weight excluding hydrogens is 335 g/mol. The van der Waals surface area contributed by atoms with Crippen molar-refractivity contribution in [3.63, 3.8) is 0 Å². The molecule has 0 aliphatic heterocycles. The topological polar surface area (TPSA) is 67.4 Å². The van der Waals surface area contributed by atoms with Crippen molar-refractivity contribution in [1.29, 1.82) is 0 Å². The zero-order valence-corrected chi connectivity index (χ0v) is 15.1. The van der Waals surface area contributed by atoms with E-state index in [1.165, 1.54) is 18.2 Å². The summed E-state index contributed by atoms with van der Waals surface area (Å²) in [7, 11) is 0. The average molecular weight is 358 g/mol. The fraction of sp³-hybridized carbons (Fsp3) is 0.300. The zero-order chi connectivity index (χ0) is 19.1. The predicted molar refractivity (Wildman–Crippen MR) is 98.7 cm³/mol. The second-order valence-corrected chi connectivity index (χ2v) is 6.09. The van der Waals surface area contributed by atoms with Gasteiger partial charge < -0.3 is 15.4 Å². The molecule has 0 fully saturated rings. The van der Waals surface area contributed by atoms with Gasteiger partial charge in [-0.25, -0.2) is 4.39 Å². The number of para-hydroxylation sites is 2.